The van der Waals surface area contributed by atoms with Crippen molar-refractivity contribution < 1.29 is 9.53 Å². The number of piperidine rings is 1. The average molecular weight is 548 g/mol. The lowest BCUT2D eigenvalue weighted by Gasteiger charge is -2.32. The molecule has 3 heterocycles. The van der Waals surface area contributed by atoms with Crippen molar-refractivity contribution in [3.05, 3.63) is 107 Å². The van der Waals surface area contributed by atoms with Gasteiger partial charge in [-0.15, -0.1) is 0 Å². The zero-order valence-corrected chi connectivity index (χ0v) is 24.1. The molecule has 41 heavy (non-hydrogen) atoms. The van der Waals surface area contributed by atoms with E-state index in [4.69, 9.17) is 4.74 Å². The van der Waals surface area contributed by atoms with Gasteiger partial charge in [0.1, 0.15) is 5.75 Å². The standard InChI is InChI=1S/C34H37N5O2/c1-24-18-25(2)39-33(35-24)19-32(36-39)34(40)38-17-7-8-27(21-38)23-41-30-15-13-26(14-16-30)20-37(3)22-29-11-6-10-28-9-4-5-12-31(28)29/h4-6,9-16,18-19,27H,7-8,17,20-23H2,1-3H3/t27-/m1/s1. The number of nitrogens with zero attached hydrogens (tertiary/aromatic N) is 5. The highest BCUT2D eigenvalue weighted by Gasteiger charge is 2.27. The van der Waals surface area contributed by atoms with Gasteiger partial charge in [-0.3, -0.25) is 9.69 Å². The van der Waals surface area contributed by atoms with Crippen LogP contribution in [-0.2, 0) is 13.1 Å². The van der Waals surface area contributed by atoms with E-state index in [1.807, 2.05) is 24.8 Å². The van der Waals surface area contributed by atoms with E-state index in [9.17, 15) is 4.79 Å². The Kier molecular flexibility index (Phi) is 7.70. The predicted molar refractivity (Wildman–Crippen MR) is 162 cm³/mol. The minimum atomic E-state index is -0.0331. The molecule has 210 valence electrons. The number of benzene rings is 3. The van der Waals surface area contributed by atoms with Crippen LogP contribution in [0.1, 0.15) is 45.8 Å². The van der Waals surface area contributed by atoms with Crippen molar-refractivity contribution in [2.24, 2.45) is 5.92 Å². The van der Waals surface area contributed by atoms with Gasteiger partial charge in [0, 0.05) is 49.6 Å². The number of carbonyl (C=O) groups excluding carboxylic acids is 1. The molecule has 1 saturated heterocycles. The van der Waals surface area contributed by atoms with Crippen molar-refractivity contribution in [1.29, 1.82) is 0 Å². The van der Waals surface area contributed by atoms with Gasteiger partial charge in [-0.25, -0.2) is 9.50 Å². The summed E-state index contributed by atoms with van der Waals surface area (Å²) in [5.41, 5.74) is 5.65. The Hall–Kier alpha value is -4.23. The smallest absolute Gasteiger partial charge is 0.274 e. The first-order valence-electron chi connectivity index (χ1n) is 14.4. The van der Waals surface area contributed by atoms with E-state index in [-0.39, 0.29) is 5.91 Å². The van der Waals surface area contributed by atoms with Crippen LogP contribution in [0.15, 0.2) is 78.9 Å². The third-order valence-electron chi connectivity index (χ3n) is 7.94. The number of rotatable bonds is 8. The molecular formula is C34H37N5O2. The van der Waals surface area contributed by atoms with Crippen LogP contribution in [0.2, 0.25) is 0 Å². The molecule has 6 rings (SSSR count). The monoisotopic (exact) mass is 547 g/mol. The molecule has 1 aliphatic heterocycles. The summed E-state index contributed by atoms with van der Waals surface area (Å²) in [5.74, 6) is 1.12. The summed E-state index contributed by atoms with van der Waals surface area (Å²) in [6.45, 7) is 7.70. The summed E-state index contributed by atoms with van der Waals surface area (Å²) in [6.07, 6.45) is 2.01. The Morgan fingerprint density at radius 2 is 1.80 bits per heavy atom. The molecule has 0 saturated carbocycles. The van der Waals surface area contributed by atoms with Crippen LogP contribution < -0.4 is 4.74 Å². The van der Waals surface area contributed by atoms with Crippen LogP contribution in [0.3, 0.4) is 0 Å². The van der Waals surface area contributed by atoms with Crippen LogP contribution in [0.5, 0.6) is 5.75 Å². The summed E-state index contributed by atoms with van der Waals surface area (Å²) in [6, 6.07) is 27.2. The second-order valence-electron chi connectivity index (χ2n) is 11.4. The quantitative estimate of drug-likeness (QED) is 0.236. The van der Waals surface area contributed by atoms with Crippen molar-refractivity contribution in [3.8, 4) is 5.75 Å². The number of fused-ring (bicyclic) bond motifs is 2. The number of likely N-dealkylation sites (tertiary alicyclic amines) is 1. The molecule has 5 aromatic rings. The van der Waals surface area contributed by atoms with Crippen molar-refractivity contribution in [3.63, 3.8) is 0 Å². The fourth-order valence-electron chi connectivity index (χ4n) is 5.93. The third-order valence-corrected chi connectivity index (χ3v) is 7.94. The summed E-state index contributed by atoms with van der Waals surface area (Å²) in [5, 5.41) is 7.14. The highest BCUT2D eigenvalue weighted by Crippen LogP contribution is 2.23. The van der Waals surface area contributed by atoms with Crippen LogP contribution in [0.4, 0.5) is 0 Å². The molecule has 1 amide bonds. The minimum absolute atomic E-state index is 0.0331. The molecule has 0 radical (unpaired) electrons. The first kappa shape index (κ1) is 27.0. The fourth-order valence-corrected chi connectivity index (χ4v) is 5.93. The van der Waals surface area contributed by atoms with Crippen molar-refractivity contribution in [2.45, 2.75) is 39.8 Å². The Morgan fingerprint density at radius 3 is 2.66 bits per heavy atom. The second-order valence-corrected chi connectivity index (χ2v) is 11.4. The zero-order valence-electron chi connectivity index (χ0n) is 24.1. The zero-order chi connectivity index (χ0) is 28.3. The van der Waals surface area contributed by atoms with Crippen LogP contribution >= 0.6 is 0 Å². The maximum Gasteiger partial charge on any atom is 0.274 e. The van der Waals surface area contributed by atoms with Gasteiger partial charge in [-0.2, -0.15) is 5.10 Å². The molecule has 0 bridgehead atoms. The number of aryl methyl sites for hydroxylation is 2. The lowest BCUT2D eigenvalue weighted by atomic mass is 9.98. The molecule has 0 spiro atoms. The molecule has 7 heteroatoms. The van der Waals surface area contributed by atoms with Crippen LogP contribution in [0, 0.1) is 19.8 Å². The number of amides is 1. The number of carbonyl (C=O) groups is 1. The first-order chi connectivity index (χ1) is 19.9. The molecule has 3 aromatic carbocycles. The first-order valence-corrected chi connectivity index (χ1v) is 14.4. The van der Waals surface area contributed by atoms with Crippen molar-refractivity contribution in [2.75, 3.05) is 26.7 Å². The molecule has 0 N–H and O–H groups in total. The van der Waals surface area contributed by atoms with Gasteiger partial charge in [0.25, 0.3) is 5.91 Å². The Bertz CT molecular complexity index is 1670. The van der Waals surface area contributed by atoms with E-state index in [2.05, 4.69) is 88.8 Å². The van der Waals surface area contributed by atoms with Gasteiger partial charge >= 0.3 is 0 Å². The minimum Gasteiger partial charge on any atom is -0.493 e. The molecule has 0 unspecified atom stereocenters. The maximum atomic E-state index is 13.3. The van der Waals surface area contributed by atoms with Gasteiger partial charge < -0.3 is 9.64 Å². The molecular weight excluding hydrogens is 510 g/mol. The Morgan fingerprint density at radius 1 is 1.00 bits per heavy atom. The van der Waals surface area contributed by atoms with E-state index in [1.165, 1.54) is 21.9 Å². The highest BCUT2D eigenvalue weighted by molar-refractivity contribution is 5.93. The number of hydrogen-bond donors (Lipinski definition) is 0. The van der Waals surface area contributed by atoms with Gasteiger partial charge in [0.2, 0.25) is 0 Å². The van der Waals surface area contributed by atoms with Crippen molar-refractivity contribution >= 4 is 22.3 Å². The van der Waals surface area contributed by atoms with Crippen LogP contribution in [0.25, 0.3) is 16.4 Å². The summed E-state index contributed by atoms with van der Waals surface area (Å²) < 4.78 is 7.92. The summed E-state index contributed by atoms with van der Waals surface area (Å²) >= 11 is 0. The molecule has 0 aliphatic carbocycles. The topological polar surface area (TPSA) is 63.0 Å². The SMILES string of the molecule is Cc1cc(C)n2nc(C(=O)N3CCC[C@@H](COc4ccc(CN(C)Cc5cccc6ccccc56)cc4)C3)cc2n1. The molecule has 7 nitrogen and oxygen atoms in total. The van der Waals surface area contributed by atoms with Crippen LogP contribution in [-0.4, -0.2) is 57.0 Å². The van der Waals surface area contributed by atoms with Gasteiger partial charge in [0.05, 0.1) is 6.61 Å². The number of ether oxygens (including phenoxy) is 1. The molecule has 1 aliphatic rings. The lowest BCUT2D eigenvalue weighted by Crippen LogP contribution is -2.41. The Labute approximate surface area is 241 Å². The van der Waals surface area contributed by atoms with E-state index in [0.29, 0.717) is 30.4 Å². The van der Waals surface area contributed by atoms with Crippen molar-refractivity contribution in [1.82, 2.24) is 24.4 Å². The van der Waals surface area contributed by atoms with Gasteiger partial charge in [0.15, 0.2) is 11.3 Å². The molecule has 2 aromatic heterocycles. The normalized spacial score (nSPS) is 15.6. The van der Waals surface area contributed by atoms with Gasteiger partial charge in [-0.05, 0) is 73.8 Å². The lowest BCUT2D eigenvalue weighted by molar-refractivity contribution is 0.0627. The third kappa shape index (κ3) is 6.10. The number of hydrogen-bond acceptors (Lipinski definition) is 5. The summed E-state index contributed by atoms with van der Waals surface area (Å²) in [7, 11) is 2.16. The maximum absolute atomic E-state index is 13.3. The predicted octanol–water partition coefficient (Wildman–Crippen LogP) is 6.06. The largest absolute Gasteiger partial charge is 0.493 e. The highest BCUT2D eigenvalue weighted by atomic mass is 16.5. The fraction of sp³-hybridized carbons (Fsp3) is 0.324. The summed E-state index contributed by atoms with van der Waals surface area (Å²) in [4.78, 5) is 22.0. The number of aromatic nitrogens is 3. The Balaban J connectivity index is 1.02. The molecule has 1 atom stereocenters. The molecule has 1 fully saturated rings. The second kappa shape index (κ2) is 11.7. The average Bonchev–Trinajstić information content (AvgIpc) is 3.41. The van der Waals surface area contributed by atoms with E-state index >= 15 is 0 Å². The van der Waals surface area contributed by atoms with Gasteiger partial charge in [-0.1, -0.05) is 54.6 Å². The van der Waals surface area contributed by atoms with E-state index in [0.717, 1.165) is 49.6 Å². The van der Waals surface area contributed by atoms with E-state index < -0.39 is 0 Å². The van der Waals surface area contributed by atoms with E-state index in [1.54, 1.807) is 10.6 Å².